The molecule has 0 saturated heterocycles. The highest BCUT2D eigenvalue weighted by atomic mass is 16.3. The largest absolute Gasteiger partial charge is 0.506 e. The first-order valence-corrected chi connectivity index (χ1v) is 12.5. The second kappa shape index (κ2) is 11.4. The molecule has 7 nitrogen and oxygen atoms in total. The number of aliphatic imine (C=N–C) groups is 1. The van der Waals surface area contributed by atoms with Crippen molar-refractivity contribution in [3.63, 3.8) is 0 Å². The number of hydrogen-bond donors (Lipinski definition) is 4. The van der Waals surface area contributed by atoms with Crippen molar-refractivity contribution in [1.29, 1.82) is 0 Å². The Morgan fingerprint density at radius 1 is 1.00 bits per heavy atom. The molecule has 0 saturated carbocycles. The third-order valence-electron chi connectivity index (χ3n) is 6.41. The van der Waals surface area contributed by atoms with Crippen LogP contribution in [-0.4, -0.2) is 46.4 Å². The van der Waals surface area contributed by atoms with Crippen molar-refractivity contribution in [3.05, 3.63) is 71.6 Å². The molecule has 2 aromatic carbocycles. The summed E-state index contributed by atoms with van der Waals surface area (Å²) < 4.78 is 0. The number of anilines is 3. The van der Waals surface area contributed by atoms with Crippen molar-refractivity contribution in [2.45, 2.75) is 59.5 Å². The van der Waals surface area contributed by atoms with Gasteiger partial charge in [-0.25, -0.2) is 4.99 Å². The number of carbonyl (C=O) groups excluding carboxylic acids is 1. The van der Waals surface area contributed by atoms with Gasteiger partial charge in [-0.05, 0) is 89.6 Å². The van der Waals surface area contributed by atoms with Crippen molar-refractivity contribution >= 4 is 34.2 Å². The van der Waals surface area contributed by atoms with Crippen LogP contribution in [0.2, 0.25) is 0 Å². The van der Waals surface area contributed by atoms with Gasteiger partial charge in [0.05, 0.1) is 18.0 Å². The highest BCUT2D eigenvalue weighted by molar-refractivity contribution is 6.25. The van der Waals surface area contributed by atoms with Crippen molar-refractivity contribution in [3.8, 4) is 0 Å². The van der Waals surface area contributed by atoms with Crippen LogP contribution in [0.5, 0.6) is 0 Å². The monoisotopic (exact) mass is 490 g/mol. The fraction of sp³-hybridized carbons (Fsp3) is 0.379. The van der Waals surface area contributed by atoms with Crippen LogP contribution in [0.4, 0.5) is 22.7 Å². The molecular formula is C29H38N4O3. The third kappa shape index (κ3) is 6.34. The molecule has 0 radical (unpaired) electrons. The van der Waals surface area contributed by atoms with E-state index in [0.29, 0.717) is 17.4 Å². The zero-order valence-corrected chi connectivity index (χ0v) is 22.1. The van der Waals surface area contributed by atoms with Gasteiger partial charge in [-0.15, -0.1) is 0 Å². The molecule has 192 valence electrons. The van der Waals surface area contributed by atoms with E-state index in [-0.39, 0.29) is 28.3 Å². The molecule has 1 aliphatic carbocycles. The number of aliphatic hydroxyl groups excluding tert-OH is 2. The van der Waals surface area contributed by atoms with Gasteiger partial charge >= 0.3 is 0 Å². The normalized spacial score (nSPS) is 15.4. The fourth-order valence-electron chi connectivity index (χ4n) is 4.06. The molecule has 0 spiro atoms. The van der Waals surface area contributed by atoms with Crippen LogP contribution >= 0.6 is 0 Å². The molecule has 0 fully saturated rings. The zero-order valence-electron chi connectivity index (χ0n) is 22.1. The van der Waals surface area contributed by atoms with E-state index in [1.165, 1.54) is 0 Å². The molecule has 4 N–H and O–H groups in total. The summed E-state index contributed by atoms with van der Waals surface area (Å²) in [7, 11) is 0. The van der Waals surface area contributed by atoms with Crippen LogP contribution in [0.25, 0.3) is 0 Å². The Morgan fingerprint density at radius 2 is 1.61 bits per heavy atom. The first-order valence-electron chi connectivity index (χ1n) is 12.5. The lowest BCUT2D eigenvalue weighted by Gasteiger charge is -2.27. The Labute approximate surface area is 214 Å². The molecule has 0 heterocycles. The van der Waals surface area contributed by atoms with E-state index in [1.54, 1.807) is 0 Å². The SMILES string of the molecule is CCN(c1ccc(NC2=C(CO)C(=Nc3ccc(NC(C)(C)CC)cc3)C(O)=CC2=O)cc1)C(C)C. The Kier molecular flexibility index (Phi) is 8.58. The van der Waals surface area contributed by atoms with E-state index < -0.39 is 12.4 Å². The van der Waals surface area contributed by atoms with Crippen LogP contribution in [0, 0.1) is 0 Å². The summed E-state index contributed by atoms with van der Waals surface area (Å²) in [6, 6.07) is 15.7. The Bertz CT molecular complexity index is 1160. The second-order valence-electron chi connectivity index (χ2n) is 9.83. The van der Waals surface area contributed by atoms with E-state index in [4.69, 9.17) is 0 Å². The minimum Gasteiger partial charge on any atom is -0.506 e. The van der Waals surface area contributed by atoms with Crippen LogP contribution in [0.1, 0.15) is 48.0 Å². The minimum atomic E-state index is -0.454. The van der Waals surface area contributed by atoms with Gasteiger partial charge in [-0.3, -0.25) is 4.79 Å². The summed E-state index contributed by atoms with van der Waals surface area (Å²) in [4.78, 5) is 19.6. The maximum Gasteiger partial charge on any atom is 0.206 e. The van der Waals surface area contributed by atoms with Gasteiger partial charge in [-0.1, -0.05) is 6.92 Å². The Morgan fingerprint density at radius 3 is 2.14 bits per heavy atom. The molecular weight excluding hydrogens is 452 g/mol. The number of hydrogen-bond acceptors (Lipinski definition) is 7. The summed E-state index contributed by atoms with van der Waals surface area (Å²) >= 11 is 0. The topological polar surface area (TPSA) is 97.2 Å². The van der Waals surface area contributed by atoms with Gasteiger partial charge in [0.25, 0.3) is 0 Å². The smallest absolute Gasteiger partial charge is 0.206 e. The molecule has 1 aliphatic rings. The van der Waals surface area contributed by atoms with Crippen LogP contribution in [0.15, 0.2) is 76.6 Å². The number of nitrogens with zero attached hydrogens (tertiary/aromatic N) is 2. The minimum absolute atomic E-state index is 0.0344. The Balaban J connectivity index is 1.89. The summed E-state index contributed by atoms with van der Waals surface area (Å²) in [6.45, 7) is 13.2. The van der Waals surface area contributed by atoms with Crippen molar-refractivity contribution < 1.29 is 15.0 Å². The van der Waals surface area contributed by atoms with Gasteiger partial charge in [0.15, 0.2) is 0 Å². The molecule has 0 amide bonds. The lowest BCUT2D eigenvalue weighted by molar-refractivity contribution is -0.111. The Hall–Kier alpha value is -3.58. The van der Waals surface area contributed by atoms with Crippen LogP contribution in [0.3, 0.4) is 0 Å². The fourth-order valence-corrected chi connectivity index (χ4v) is 4.06. The van der Waals surface area contributed by atoms with Gasteiger partial charge in [0, 0.05) is 46.8 Å². The lowest BCUT2D eigenvalue weighted by Crippen LogP contribution is -2.30. The maximum absolute atomic E-state index is 12.8. The molecule has 36 heavy (non-hydrogen) atoms. The molecule has 3 rings (SSSR count). The van der Waals surface area contributed by atoms with Crippen LogP contribution < -0.4 is 15.5 Å². The van der Waals surface area contributed by atoms with Crippen LogP contribution in [-0.2, 0) is 4.79 Å². The summed E-state index contributed by atoms with van der Waals surface area (Å²) in [5.74, 6) is -0.687. The lowest BCUT2D eigenvalue weighted by atomic mass is 9.97. The molecule has 0 aliphatic heterocycles. The average Bonchev–Trinajstić information content (AvgIpc) is 2.84. The number of nitrogens with one attached hydrogen (secondary N) is 2. The number of ketones is 1. The van der Waals surface area contributed by atoms with Gasteiger partial charge in [0.2, 0.25) is 5.78 Å². The molecule has 0 atom stereocenters. The molecule has 7 heteroatoms. The average molecular weight is 491 g/mol. The first kappa shape index (κ1) is 27.0. The summed E-state index contributed by atoms with van der Waals surface area (Å²) in [6.07, 6.45) is 2.10. The van der Waals surface area contributed by atoms with Gasteiger partial charge in [-0.2, -0.15) is 0 Å². The number of rotatable bonds is 10. The van der Waals surface area contributed by atoms with Crippen molar-refractivity contribution in [1.82, 2.24) is 0 Å². The number of benzene rings is 2. The molecule has 2 aromatic rings. The van der Waals surface area contributed by atoms with E-state index in [9.17, 15) is 15.0 Å². The van der Waals surface area contributed by atoms with Gasteiger partial charge in [0.1, 0.15) is 11.5 Å². The van der Waals surface area contributed by atoms with E-state index in [1.807, 2.05) is 48.5 Å². The van der Waals surface area contributed by atoms with E-state index in [2.05, 4.69) is 62.1 Å². The molecule has 0 bridgehead atoms. The zero-order chi connectivity index (χ0) is 26.5. The molecule has 0 unspecified atom stereocenters. The maximum atomic E-state index is 12.8. The van der Waals surface area contributed by atoms with E-state index in [0.717, 1.165) is 30.4 Å². The highest BCUT2D eigenvalue weighted by Gasteiger charge is 2.27. The number of allylic oxidation sites excluding steroid dienone is 2. The summed E-state index contributed by atoms with van der Waals surface area (Å²) in [5, 5.41) is 27.3. The second-order valence-corrected chi connectivity index (χ2v) is 9.83. The predicted octanol–water partition coefficient (Wildman–Crippen LogP) is 5.98. The summed E-state index contributed by atoms with van der Waals surface area (Å²) in [5.41, 5.74) is 3.93. The quantitative estimate of drug-likeness (QED) is 0.306. The molecule has 0 aromatic heterocycles. The van der Waals surface area contributed by atoms with E-state index >= 15 is 0 Å². The van der Waals surface area contributed by atoms with Crippen molar-refractivity contribution in [2.24, 2.45) is 4.99 Å². The standard InChI is InChI=1S/C29H38N4O3/c1-7-29(5,6)32-22-11-9-20(10-12-22)30-27-24(18-34)28(26(36)17-25(27)35)31-21-13-15-23(16-14-21)33(8-2)19(3)4/h9-17,19,31-32,34-35H,7-8,18H2,1-6H3. The predicted molar refractivity (Wildman–Crippen MR) is 150 cm³/mol. The third-order valence-corrected chi connectivity index (χ3v) is 6.41. The first-order chi connectivity index (χ1) is 17.1. The van der Waals surface area contributed by atoms with Crippen molar-refractivity contribution in [2.75, 3.05) is 28.7 Å². The number of carbonyl (C=O) groups is 1. The van der Waals surface area contributed by atoms with Gasteiger partial charge < -0.3 is 25.7 Å². The number of aliphatic hydroxyl groups is 2. The highest BCUT2D eigenvalue weighted by Crippen LogP contribution is 2.27.